The molecule has 0 radical (unpaired) electrons. The van der Waals surface area contributed by atoms with Gasteiger partial charge in [0.2, 0.25) is 0 Å². The quantitative estimate of drug-likeness (QED) is 0.0373. The van der Waals surface area contributed by atoms with E-state index in [1.165, 1.54) is 57.8 Å². The van der Waals surface area contributed by atoms with Gasteiger partial charge >= 0.3 is 11.9 Å². The molecule has 0 spiro atoms. The zero-order chi connectivity index (χ0) is 54.8. The van der Waals surface area contributed by atoms with Crippen molar-refractivity contribution in [2.45, 2.75) is 238 Å². The number of rotatable bonds is 53. The third-order valence-electron chi connectivity index (χ3n) is 12.2. The minimum Gasteiger partial charge on any atom is -0.462 e. The number of allylic oxidation sites excluding steroid dienone is 30. The van der Waals surface area contributed by atoms with Crippen LogP contribution in [0.4, 0.5) is 0 Å². The third-order valence-corrected chi connectivity index (χ3v) is 12.2. The molecule has 424 valence electrons. The monoisotopic (exact) mass is 1040 g/mol. The maximum atomic E-state index is 12.3. The Bertz CT molecular complexity index is 1750. The van der Waals surface area contributed by atoms with Gasteiger partial charge in [-0.3, -0.25) is 9.59 Å². The second kappa shape index (κ2) is 64.3. The Kier molecular flexibility index (Phi) is 60.1. The highest BCUT2D eigenvalue weighted by molar-refractivity contribution is 5.70. The van der Waals surface area contributed by atoms with Crippen LogP contribution in [-0.4, -0.2) is 36.4 Å². The van der Waals surface area contributed by atoms with Gasteiger partial charge in [-0.15, -0.1) is 0 Å². The van der Waals surface area contributed by atoms with E-state index in [1.807, 2.05) is 0 Å². The Morgan fingerprint density at radius 1 is 0.303 bits per heavy atom. The second-order valence-electron chi connectivity index (χ2n) is 19.3. The van der Waals surface area contributed by atoms with Crippen molar-refractivity contribution in [1.82, 2.24) is 0 Å². The van der Waals surface area contributed by atoms with Crippen LogP contribution < -0.4 is 0 Å². The number of carbonyl (C=O) groups is 2. The van der Waals surface area contributed by atoms with Crippen molar-refractivity contribution in [1.29, 1.82) is 0 Å². The molecule has 0 aromatic carbocycles. The molecule has 5 nitrogen and oxygen atoms in total. The summed E-state index contributed by atoms with van der Waals surface area (Å²) in [4.78, 5) is 24.6. The van der Waals surface area contributed by atoms with Gasteiger partial charge in [0.05, 0.1) is 6.61 Å². The topological polar surface area (TPSA) is 72.8 Å². The van der Waals surface area contributed by atoms with Crippen molar-refractivity contribution in [3.8, 4) is 0 Å². The lowest BCUT2D eigenvalue weighted by Gasteiger charge is -2.15. The SMILES string of the molecule is CC/C=C\C/C=C\C/C=C\C/C=C\C/C=C\C/C=C\C/C=C\C/C=C\C/C=C\C/C=C\CCCCCCCCCCC(=O)OC(CO)COC(=O)CCCCCCCCC/C=C\C/C=C\C/C=C\C/C=C\C/C=C\CC. The molecular formula is C71H110O5. The number of hydrogen-bond acceptors (Lipinski definition) is 5. The Labute approximate surface area is 467 Å². The average Bonchev–Trinajstić information content (AvgIpc) is 3.42. The van der Waals surface area contributed by atoms with Crippen molar-refractivity contribution in [3.63, 3.8) is 0 Å². The van der Waals surface area contributed by atoms with Crippen LogP contribution in [0.1, 0.15) is 232 Å². The Morgan fingerprint density at radius 2 is 0.526 bits per heavy atom. The van der Waals surface area contributed by atoms with Crippen LogP contribution >= 0.6 is 0 Å². The van der Waals surface area contributed by atoms with Crippen molar-refractivity contribution >= 4 is 11.9 Å². The number of carbonyl (C=O) groups excluding carboxylic acids is 2. The lowest BCUT2D eigenvalue weighted by atomic mass is 10.1. The lowest BCUT2D eigenvalue weighted by molar-refractivity contribution is -0.161. The first-order valence-electron chi connectivity index (χ1n) is 30.3. The molecule has 0 aliphatic heterocycles. The van der Waals surface area contributed by atoms with Crippen molar-refractivity contribution < 1.29 is 24.2 Å². The molecule has 0 bridgehead atoms. The minimum absolute atomic E-state index is 0.0869. The molecule has 0 aliphatic rings. The molecule has 1 N–H and O–H groups in total. The first-order chi connectivity index (χ1) is 37.6. The number of unbranched alkanes of at least 4 members (excludes halogenated alkanes) is 15. The van der Waals surface area contributed by atoms with Gasteiger partial charge in [-0.25, -0.2) is 0 Å². The molecular weight excluding hydrogens is 933 g/mol. The second-order valence-corrected chi connectivity index (χ2v) is 19.3. The summed E-state index contributed by atoms with van der Waals surface area (Å²) >= 11 is 0. The summed E-state index contributed by atoms with van der Waals surface area (Å²) < 4.78 is 10.7. The van der Waals surface area contributed by atoms with Crippen LogP contribution in [0.5, 0.6) is 0 Å². The number of aliphatic hydroxyl groups is 1. The summed E-state index contributed by atoms with van der Waals surface area (Å²) in [5, 5.41) is 9.67. The number of esters is 2. The van der Waals surface area contributed by atoms with E-state index in [4.69, 9.17) is 9.47 Å². The van der Waals surface area contributed by atoms with Crippen molar-refractivity contribution in [2.24, 2.45) is 0 Å². The van der Waals surface area contributed by atoms with Gasteiger partial charge in [0.1, 0.15) is 6.61 Å². The summed E-state index contributed by atoms with van der Waals surface area (Å²) in [7, 11) is 0. The molecule has 0 aliphatic carbocycles. The Morgan fingerprint density at radius 3 is 0.789 bits per heavy atom. The molecule has 0 saturated heterocycles. The van der Waals surface area contributed by atoms with Crippen LogP contribution in [0.25, 0.3) is 0 Å². The van der Waals surface area contributed by atoms with Gasteiger partial charge in [0, 0.05) is 12.8 Å². The minimum atomic E-state index is -0.797. The fourth-order valence-electron chi connectivity index (χ4n) is 7.73. The van der Waals surface area contributed by atoms with Crippen LogP contribution in [0.2, 0.25) is 0 Å². The highest BCUT2D eigenvalue weighted by Crippen LogP contribution is 2.14. The summed E-state index contributed by atoms with van der Waals surface area (Å²) in [6, 6.07) is 0. The molecule has 0 amide bonds. The fraction of sp³-hybridized carbons (Fsp3) is 0.549. The standard InChI is InChI=1S/C71H110O5/c1-3-5-7-9-11-13-15-17-19-21-23-25-27-28-29-30-31-32-33-34-35-36-37-38-39-40-41-42-44-46-48-50-52-54-56-58-60-62-64-66-71(74)76-69(67-72)68-75-70(73)65-63-61-59-57-55-53-51-49-47-45-43-26-24-22-20-18-16-14-12-10-8-6-4-2/h5-8,11-14,17-20,23-26,28-29,31-32,34-35,37-38,40-41,44-47,69,72H,3-4,9-10,15-16,21-22,27,30,33,36,39,42-43,48-68H2,1-2H3/b7-5-,8-6-,13-11-,14-12-,19-17-,20-18-,25-23-,26-24-,29-28-,32-31-,35-34-,38-37-,41-40-,46-44-,47-45-. The molecule has 0 fully saturated rings. The van der Waals surface area contributed by atoms with E-state index in [2.05, 4.69) is 196 Å². The number of ether oxygens (including phenoxy) is 2. The maximum absolute atomic E-state index is 12.3. The largest absolute Gasteiger partial charge is 0.462 e. The number of aliphatic hydroxyl groups excluding tert-OH is 1. The van der Waals surface area contributed by atoms with Crippen LogP contribution in [0.15, 0.2) is 182 Å². The summed E-state index contributed by atoms with van der Waals surface area (Å²) in [5.41, 5.74) is 0. The van der Waals surface area contributed by atoms with E-state index in [9.17, 15) is 14.7 Å². The average molecular weight is 1040 g/mol. The molecule has 1 atom stereocenters. The smallest absolute Gasteiger partial charge is 0.306 e. The lowest BCUT2D eigenvalue weighted by Crippen LogP contribution is -2.28. The summed E-state index contributed by atoms with van der Waals surface area (Å²) in [6.07, 6.45) is 101. The zero-order valence-corrected chi connectivity index (χ0v) is 48.4. The molecule has 0 saturated carbocycles. The molecule has 5 heteroatoms. The highest BCUT2D eigenvalue weighted by atomic mass is 16.6. The zero-order valence-electron chi connectivity index (χ0n) is 48.4. The van der Waals surface area contributed by atoms with E-state index >= 15 is 0 Å². The van der Waals surface area contributed by atoms with Crippen LogP contribution in [0.3, 0.4) is 0 Å². The fourth-order valence-corrected chi connectivity index (χ4v) is 7.73. The maximum Gasteiger partial charge on any atom is 0.306 e. The van der Waals surface area contributed by atoms with Crippen molar-refractivity contribution in [2.75, 3.05) is 13.2 Å². The van der Waals surface area contributed by atoms with Gasteiger partial charge in [-0.2, -0.15) is 0 Å². The summed E-state index contributed by atoms with van der Waals surface area (Å²) in [5.74, 6) is -0.625. The molecule has 0 aromatic heterocycles. The molecule has 76 heavy (non-hydrogen) atoms. The Hall–Kier alpha value is -5.00. The van der Waals surface area contributed by atoms with E-state index in [1.54, 1.807) is 0 Å². The van der Waals surface area contributed by atoms with Crippen LogP contribution in [-0.2, 0) is 19.1 Å². The van der Waals surface area contributed by atoms with Crippen molar-refractivity contribution in [3.05, 3.63) is 182 Å². The molecule has 0 aromatic rings. The molecule has 0 rings (SSSR count). The first-order valence-corrected chi connectivity index (χ1v) is 30.3. The van der Waals surface area contributed by atoms with E-state index < -0.39 is 6.10 Å². The van der Waals surface area contributed by atoms with Gasteiger partial charge in [-0.05, 0) is 135 Å². The predicted octanol–water partition coefficient (Wildman–Crippen LogP) is 21.1. The third kappa shape index (κ3) is 61.5. The molecule has 1 unspecified atom stereocenters. The molecule has 0 heterocycles. The highest BCUT2D eigenvalue weighted by Gasteiger charge is 2.16. The van der Waals surface area contributed by atoms with Crippen LogP contribution in [0, 0.1) is 0 Å². The van der Waals surface area contributed by atoms with E-state index in [-0.39, 0.29) is 25.2 Å². The van der Waals surface area contributed by atoms with E-state index in [0.717, 1.165) is 148 Å². The predicted molar refractivity (Wildman–Crippen MR) is 333 cm³/mol. The van der Waals surface area contributed by atoms with E-state index in [0.29, 0.717) is 12.8 Å². The Balaban J connectivity index is 3.63. The first kappa shape index (κ1) is 71.0. The van der Waals surface area contributed by atoms with Gasteiger partial charge < -0.3 is 14.6 Å². The summed E-state index contributed by atoms with van der Waals surface area (Å²) in [6.45, 7) is 3.89. The normalized spacial score (nSPS) is 13.6. The van der Waals surface area contributed by atoms with Gasteiger partial charge in [0.25, 0.3) is 0 Å². The number of hydrogen-bond donors (Lipinski definition) is 1. The van der Waals surface area contributed by atoms with Gasteiger partial charge in [0.15, 0.2) is 6.10 Å². The van der Waals surface area contributed by atoms with Gasteiger partial charge in [-0.1, -0.05) is 267 Å².